The molecule has 3 aromatic rings. The normalized spacial score (nSPS) is 11.1. The molecule has 0 saturated heterocycles. The van der Waals surface area contributed by atoms with Crippen molar-refractivity contribution in [2.75, 3.05) is 0 Å². The number of fused-ring (bicyclic) bond motifs is 1. The van der Waals surface area contributed by atoms with Gasteiger partial charge in [-0.15, -0.1) is 0 Å². The van der Waals surface area contributed by atoms with Crippen molar-refractivity contribution in [2.24, 2.45) is 0 Å². The Morgan fingerprint density at radius 3 is 2.50 bits per heavy atom. The van der Waals surface area contributed by atoms with Gasteiger partial charge in [0.1, 0.15) is 5.82 Å². The summed E-state index contributed by atoms with van der Waals surface area (Å²) in [5.74, 6) is 1.17. The lowest BCUT2D eigenvalue weighted by molar-refractivity contribution is 0.623. The van der Waals surface area contributed by atoms with Gasteiger partial charge in [-0.2, -0.15) is 0 Å². The van der Waals surface area contributed by atoms with E-state index in [1.807, 2.05) is 0 Å². The highest BCUT2D eigenvalue weighted by Crippen LogP contribution is 2.19. The maximum atomic E-state index is 4.82. The monoisotopic (exact) mass is 264 g/mol. The van der Waals surface area contributed by atoms with Gasteiger partial charge in [0.05, 0.1) is 11.0 Å². The largest absolute Gasteiger partial charge is 0.328 e. The minimum atomic E-state index is 0.902. The Hall–Kier alpha value is -2.09. The maximum absolute atomic E-state index is 4.82. The van der Waals surface area contributed by atoms with Gasteiger partial charge in [0, 0.05) is 13.0 Å². The number of aryl methyl sites for hydroxylation is 1. The van der Waals surface area contributed by atoms with Gasteiger partial charge in [0.2, 0.25) is 0 Å². The molecule has 3 rings (SSSR count). The number of aromatic nitrogens is 2. The zero-order chi connectivity index (χ0) is 13.8. The summed E-state index contributed by atoms with van der Waals surface area (Å²) in [7, 11) is 0. The molecule has 0 spiro atoms. The van der Waals surface area contributed by atoms with Gasteiger partial charge in [0.15, 0.2) is 0 Å². The number of nitrogens with zero attached hydrogens (tertiary/aromatic N) is 2. The van der Waals surface area contributed by atoms with Crippen LogP contribution in [0.1, 0.15) is 31.2 Å². The number of para-hydroxylation sites is 2. The summed E-state index contributed by atoms with van der Waals surface area (Å²) in [6, 6.07) is 19.0. The molecule has 2 nitrogen and oxygen atoms in total. The van der Waals surface area contributed by atoms with Crippen molar-refractivity contribution in [1.82, 2.24) is 9.55 Å². The number of hydrogen-bond acceptors (Lipinski definition) is 1. The third kappa shape index (κ3) is 2.60. The summed E-state index contributed by atoms with van der Waals surface area (Å²) < 4.78 is 2.38. The van der Waals surface area contributed by atoms with E-state index in [1.165, 1.54) is 29.7 Å². The molecule has 2 aromatic carbocycles. The molecule has 102 valence electrons. The van der Waals surface area contributed by atoms with Gasteiger partial charge >= 0.3 is 0 Å². The van der Waals surface area contributed by atoms with E-state index in [-0.39, 0.29) is 0 Å². The van der Waals surface area contributed by atoms with Crippen LogP contribution < -0.4 is 0 Å². The lowest BCUT2D eigenvalue weighted by atomic mass is 10.1. The van der Waals surface area contributed by atoms with E-state index in [1.54, 1.807) is 0 Å². The summed E-state index contributed by atoms with van der Waals surface area (Å²) in [5.41, 5.74) is 3.68. The fourth-order valence-corrected chi connectivity index (χ4v) is 2.60. The first-order valence-corrected chi connectivity index (χ1v) is 7.36. The summed E-state index contributed by atoms with van der Waals surface area (Å²) in [5, 5.41) is 0. The Balaban J connectivity index is 2.00. The Kier molecular flexibility index (Phi) is 3.82. The first-order valence-electron chi connectivity index (χ1n) is 7.36. The Bertz CT molecular complexity index is 683. The summed E-state index contributed by atoms with van der Waals surface area (Å²) in [6.07, 6.45) is 3.30. The molecular formula is C18H20N2. The Morgan fingerprint density at radius 2 is 1.70 bits per heavy atom. The van der Waals surface area contributed by atoms with Gasteiger partial charge in [-0.25, -0.2) is 4.98 Å². The standard InChI is InChI=1S/C18H20N2/c1-2-3-13-20-17-12-8-7-11-16(17)19-18(20)14-15-9-5-4-6-10-15/h4-12H,2-3,13-14H2,1H3. The number of imidazole rings is 1. The van der Waals surface area contributed by atoms with Crippen molar-refractivity contribution < 1.29 is 0 Å². The van der Waals surface area contributed by atoms with Crippen molar-refractivity contribution in [2.45, 2.75) is 32.7 Å². The fraction of sp³-hybridized carbons (Fsp3) is 0.278. The van der Waals surface area contributed by atoms with Crippen molar-refractivity contribution >= 4 is 11.0 Å². The molecule has 0 unspecified atom stereocenters. The van der Waals surface area contributed by atoms with E-state index < -0.39 is 0 Å². The number of unbranched alkanes of at least 4 members (excludes halogenated alkanes) is 1. The highest BCUT2D eigenvalue weighted by molar-refractivity contribution is 5.76. The molecule has 20 heavy (non-hydrogen) atoms. The molecule has 0 N–H and O–H groups in total. The predicted octanol–water partition coefficient (Wildman–Crippen LogP) is 4.43. The first kappa shape index (κ1) is 12.9. The van der Waals surface area contributed by atoms with Crippen LogP contribution in [0.5, 0.6) is 0 Å². The van der Waals surface area contributed by atoms with Crippen molar-refractivity contribution in [3.63, 3.8) is 0 Å². The molecule has 1 heterocycles. The average molecular weight is 264 g/mol. The molecule has 0 radical (unpaired) electrons. The van der Waals surface area contributed by atoms with E-state index in [9.17, 15) is 0 Å². The third-order valence-electron chi connectivity index (χ3n) is 3.67. The molecular weight excluding hydrogens is 244 g/mol. The molecule has 0 atom stereocenters. The molecule has 0 bridgehead atoms. The van der Waals surface area contributed by atoms with Crippen LogP contribution in [0.15, 0.2) is 54.6 Å². The van der Waals surface area contributed by atoms with Crippen molar-refractivity contribution in [1.29, 1.82) is 0 Å². The number of benzene rings is 2. The predicted molar refractivity (Wildman–Crippen MR) is 83.9 cm³/mol. The van der Waals surface area contributed by atoms with Crippen molar-refractivity contribution in [3.8, 4) is 0 Å². The molecule has 2 heteroatoms. The maximum Gasteiger partial charge on any atom is 0.114 e. The van der Waals surface area contributed by atoms with Gasteiger partial charge in [-0.1, -0.05) is 55.8 Å². The van der Waals surface area contributed by atoms with Crippen LogP contribution in [-0.2, 0) is 13.0 Å². The van der Waals surface area contributed by atoms with Gasteiger partial charge in [0.25, 0.3) is 0 Å². The second-order valence-electron chi connectivity index (χ2n) is 5.18. The second-order valence-corrected chi connectivity index (χ2v) is 5.18. The van der Waals surface area contributed by atoms with Crippen LogP contribution in [-0.4, -0.2) is 9.55 Å². The number of hydrogen-bond donors (Lipinski definition) is 0. The molecule has 0 aliphatic carbocycles. The highest BCUT2D eigenvalue weighted by atomic mass is 15.1. The van der Waals surface area contributed by atoms with Crippen LogP contribution >= 0.6 is 0 Å². The van der Waals surface area contributed by atoms with E-state index >= 15 is 0 Å². The summed E-state index contributed by atoms with van der Waals surface area (Å²) in [4.78, 5) is 4.82. The van der Waals surface area contributed by atoms with Crippen LogP contribution in [0.3, 0.4) is 0 Å². The molecule has 0 aliphatic heterocycles. The van der Waals surface area contributed by atoms with Crippen LogP contribution in [0.2, 0.25) is 0 Å². The zero-order valence-corrected chi connectivity index (χ0v) is 11.9. The average Bonchev–Trinajstić information content (AvgIpc) is 2.83. The lowest BCUT2D eigenvalue weighted by Gasteiger charge is -2.08. The van der Waals surface area contributed by atoms with Crippen LogP contribution in [0.4, 0.5) is 0 Å². The van der Waals surface area contributed by atoms with Gasteiger partial charge < -0.3 is 4.57 Å². The number of rotatable bonds is 5. The third-order valence-corrected chi connectivity index (χ3v) is 3.67. The Labute approximate surface area is 120 Å². The Morgan fingerprint density at radius 1 is 0.950 bits per heavy atom. The molecule has 0 aliphatic rings. The van der Waals surface area contributed by atoms with Gasteiger partial charge in [-0.05, 0) is 24.1 Å². The SMILES string of the molecule is CCCCn1c(Cc2ccccc2)nc2ccccc21. The summed E-state index contributed by atoms with van der Waals surface area (Å²) in [6.45, 7) is 3.29. The van der Waals surface area contributed by atoms with Gasteiger partial charge in [-0.3, -0.25) is 0 Å². The van der Waals surface area contributed by atoms with E-state index in [0.29, 0.717) is 0 Å². The molecule has 1 aromatic heterocycles. The molecule has 0 fully saturated rings. The summed E-state index contributed by atoms with van der Waals surface area (Å²) >= 11 is 0. The van der Waals surface area contributed by atoms with E-state index in [2.05, 4.69) is 66.1 Å². The first-order chi connectivity index (χ1) is 9.88. The smallest absolute Gasteiger partial charge is 0.114 e. The van der Waals surface area contributed by atoms with Crippen LogP contribution in [0.25, 0.3) is 11.0 Å². The fourth-order valence-electron chi connectivity index (χ4n) is 2.60. The second kappa shape index (κ2) is 5.91. The molecule has 0 amide bonds. The topological polar surface area (TPSA) is 17.8 Å². The van der Waals surface area contributed by atoms with Crippen LogP contribution in [0, 0.1) is 0 Å². The zero-order valence-electron chi connectivity index (χ0n) is 11.9. The van der Waals surface area contributed by atoms with Crippen molar-refractivity contribution in [3.05, 3.63) is 66.0 Å². The molecule has 0 saturated carbocycles. The van der Waals surface area contributed by atoms with E-state index in [4.69, 9.17) is 4.98 Å². The van der Waals surface area contributed by atoms with E-state index in [0.717, 1.165) is 18.5 Å². The minimum Gasteiger partial charge on any atom is -0.328 e. The minimum absolute atomic E-state index is 0.902. The lowest BCUT2D eigenvalue weighted by Crippen LogP contribution is -2.04. The quantitative estimate of drug-likeness (QED) is 0.666. The highest BCUT2D eigenvalue weighted by Gasteiger charge is 2.10.